The second-order valence-corrected chi connectivity index (χ2v) is 0. The van der Waals surface area contributed by atoms with Crippen LogP contribution in [0.5, 0.6) is 0 Å². The minimum absolute atomic E-state index is 0. The third-order valence-corrected chi connectivity index (χ3v) is 0. The standard InChI is InChI=1S/Na.12H2O.H/h;12*1H2;/q+1;;;;;;;;;;;;;-1/p+1. The fourth-order valence-corrected chi connectivity index (χ4v) is 0. The van der Waals surface area contributed by atoms with Crippen molar-refractivity contribution >= 4 is 0 Å². The second-order valence-electron chi connectivity index (χ2n) is 0. The first-order chi connectivity index (χ1) is 0. The van der Waals surface area contributed by atoms with Crippen LogP contribution >= 0.6 is 0 Å². The van der Waals surface area contributed by atoms with Crippen LogP contribution in [0.3, 0.4) is 0 Å². The molecular weight excluding hydrogens is 215 g/mol. The van der Waals surface area contributed by atoms with Crippen molar-refractivity contribution in [3.8, 4) is 0 Å². The van der Waals surface area contributed by atoms with E-state index in [1.807, 2.05) is 0 Å². The number of hydrogen-bond donors (Lipinski definition) is 0. The summed E-state index contributed by atoms with van der Waals surface area (Å²) in [5, 5.41) is 0. The maximum absolute atomic E-state index is 0. The Hall–Kier alpha value is 0.520. The van der Waals surface area contributed by atoms with Gasteiger partial charge in [0.25, 0.3) is 0 Å². The molecule has 0 unspecified atom stereocenters. The van der Waals surface area contributed by atoms with E-state index in [-0.39, 0.29) is 98.1 Å². The normalized spacial score (nSPS) is 0. The molecule has 0 rings (SSSR count). The van der Waals surface area contributed by atoms with E-state index in [9.17, 15) is 0 Å². The van der Waals surface area contributed by atoms with Gasteiger partial charge in [0, 0.05) is 0 Å². The summed E-state index contributed by atoms with van der Waals surface area (Å²) in [5.41, 5.74) is 0. The zero-order valence-corrected chi connectivity index (χ0v) is 9.00. The predicted octanol–water partition coefficient (Wildman–Crippen LogP) is -12.7. The Morgan fingerprint density at radius 1 is 0.308 bits per heavy atom. The van der Waals surface area contributed by atoms with Crippen LogP contribution in [0, 0.1) is 0 Å². The molecule has 0 fully saturated rings. The van der Waals surface area contributed by atoms with Crippen LogP contribution < -0.4 is 29.6 Å². The predicted molar refractivity (Wildman–Crippen MR) is 45.6 cm³/mol. The van der Waals surface area contributed by atoms with Crippen molar-refractivity contribution in [2.24, 2.45) is 0 Å². The van der Waals surface area contributed by atoms with Gasteiger partial charge in [0.05, 0.1) is 0 Å². The maximum atomic E-state index is 0. The van der Waals surface area contributed by atoms with Gasteiger partial charge in [0.15, 0.2) is 0 Å². The van der Waals surface area contributed by atoms with Crippen molar-refractivity contribution in [3.05, 3.63) is 0 Å². The molecule has 0 aliphatic heterocycles. The third kappa shape index (κ3) is 5120. The maximum Gasteiger partial charge on any atom is 1.00 e. The molecule has 98 valence electrons. The molecule has 0 bridgehead atoms. The Morgan fingerprint density at radius 2 is 0.308 bits per heavy atom. The van der Waals surface area contributed by atoms with Crippen molar-refractivity contribution in [1.29, 1.82) is 0 Å². The molecule has 0 aromatic rings. The van der Waals surface area contributed by atoms with Gasteiger partial charge in [-0.25, -0.2) is 0 Å². The van der Waals surface area contributed by atoms with Gasteiger partial charge < -0.3 is 67.1 Å². The molecule has 0 saturated heterocycles. The molecule has 0 aromatic carbocycles. The van der Waals surface area contributed by atoms with Gasteiger partial charge in [-0.3, -0.25) is 0 Å². The van der Waals surface area contributed by atoms with E-state index >= 15 is 0 Å². The van der Waals surface area contributed by atoms with Crippen LogP contribution in [-0.4, -0.2) is 65.7 Å². The summed E-state index contributed by atoms with van der Waals surface area (Å²) in [5.74, 6) is 0. The van der Waals surface area contributed by atoms with Crippen molar-refractivity contribution in [2.45, 2.75) is 0 Å². The average molecular weight is 241 g/mol. The van der Waals surface area contributed by atoms with Crippen LogP contribution in [0.1, 0.15) is 2.85 Å². The summed E-state index contributed by atoms with van der Waals surface area (Å²) in [4.78, 5) is 0. The molecule has 0 aromatic heterocycles. The Balaban J connectivity index is 0. The first-order valence-corrected chi connectivity index (χ1v) is 0. The fraction of sp³-hybridized carbons (Fsp3) is 0. The van der Waals surface area contributed by atoms with Crippen molar-refractivity contribution in [3.63, 3.8) is 0 Å². The largest absolute Gasteiger partial charge is 1.00 e. The van der Waals surface area contributed by atoms with Crippen molar-refractivity contribution in [2.75, 3.05) is 0 Å². The molecule has 0 radical (unpaired) electrons. The summed E-state index contributed by atoms with van der Waals surface area (Å²) in [6, 6.07) is 0. The van der Waals surface area contributed by atoms with E-state index in [2.05, 4.69) is 0 Å². The number of hydrogen-bond acceptors (Lipinski definition) is 0. The summed E-state index contributed by atoms with van der Waals surface area (Å²) in [6.07, 6.45) is 0. The molecule has 24 N–H and O–H groups in total. The Kier molecular flexibility index (Phi) is 3700000. The molecule has 13 heavy (non-hydrogen) atoms. The SMILES string of the molecule is O.O.O.O.O.O.O.O.O.O.O.O.[H+].[H-].[Na+]. The second kappa shape index (κ2) is 6140. The minimum Gasteiger partial charge on any atom is -1.00 e. The molecule has 0 heterocycles. The van der Waals surface area contributed by atoms with Crippen LogP contribution in [0.4, 0.5) is 0 Å². The third-order valence-electron chi connectivity index (χ3n) is 0. The van der Waals surface area contributed by atoms with E-state index < -0.39 is 0 Å². The Bertz CT molecular complexity index is 13.6. The van der Waals surface area contributed by atoms with E-state index in [1.165, 1.54) is 0 Å². The zero-order chi connectivity index (χ0) is 0. The molecule has 0 amide bonds. The van der Waals surface area contributed by atoms with Crippen molar-refractivity contribution < 1.29 is 98.1 Å². The van der Waals surface area contributed by atoms with Crippen LogP contribution in [0.25, 0.3) is 0 Å². The quantitative estimate of drug-likeness (QED) is 0.356. The number of rotatable bonds is 0. The van der Waals surface area contributed by atoms with E-state index in [0.29, 0.717) is 0 Å². The first kappa shape index (κ1) is 7840. The van der Waals surface area contributed by atoms with E-state index in [1.54, 1.807) is 0 Å². The molecular formula is H26NaO12+. The molecule has 0 saturated carbocycles. The summed E-state index contributed by atoms with van der Waals surface area (Å²) < 4.78 is 0. The van der Waals surface area contributed by atoms with Crippen LogP contribution in [-0.2, 0) is 0 Å². The monoisotopic (exact) mass is 241 g/mol. The zero-order valence-electron chi connectivity index (χ0n) is 9.00. The average Bonchev–Trinajstić information content (AvgIpc) is 0. The topological polar surface area (TPSA) is 378 Å². The summed E-state index contributed by atoms with van der Waals surface area (Å²) >= 11 is 0. The molecule has 13 heteroatoms. The minimum atomic E-state index is 0. The Labute approximate surface area is 98.5 Å². The van der Waals surface area contributed by atoms with E-state index in [4.69, 9.17) is 0 Å². The molecule has 0 spiro atoms. The van der Waals surface area contributed by atoms with E-state index in [0.717, 1.165) is 0 Å². The van der Waals surface area contributed by atoms with Gasteiger partial charge >= 0.3 is 31.0 Å². The van der Waals surface area contributed by atoms with Gasteiger partial charge in [0.2, 0.25) is 0 Å². The van der Waals surface area contributed by atoms with Crippen LogP contribution in [0.2, 0.25) is 0 Å². The van der Waals surface area contributed by atoms with Crippen molar-refractivity contribution in [1.82, 2.24) is 0 Å². The smallest absolute Gasteiger partial charge is 1.00 e. The Morgan fingerprint density at radius 3 is 0.308 bits per heavy atom. The first-order valence-electron chi connectivity index (χ1n) is 0. The fourth-order valence-electron chi connectivity index (χ4n) is 0. The molecule has 0 atom stereocenters. The van der Waals surface area contributed by atoms with Gasteiger partial charge in [-0.1, -0.05) is 0 Å². The molecule has 12 nitrogen and oxygen atoms in total. The van der Waals surface area contributed by atoms with Gasteiger partial charge in [-0.05, 0) is 0 Å². The van der Waals surface area contributed by atoms with Crippen LogP contribution in [0.15, 0.2) is 0 Å². The summed E-state index contributed by atoms with van der Waals surface area (Å²) in [6.45, 7) is 0. The molecule has 0 aliphatic carbocycles. The van der Waals surface area contributed by atoms with Gasteiger partial charge in [-0.15, -0.1) is 0 Å². The van der Waals surface area contributed by atoms with Gasteiger partial charge in [0.1, 0.15) is 0 Å². The molecule has 0 aliphatic rings. The van der Waals surface area contributed by atoms with Gasteiger partial charge in [-0.2, -0.15) is 0 Å². The summed E-state index contributed by atoms with van der Waals surface area (Å²) in [7, 11) is 0.